The van der Waals surface area contributed by atoms with E-state index in [9.17, 15) is 4.39 Å². The van der Waals surface area contributed by atoms with Gasteiger partial charge in [0.1, 0.15) is 5.82 Å². The maximum absolute atomic E-state index is 14.0. The summed E-state index contributed by atoms with van der Waals surface area (Å²) in [5.41, 5.74) is 10.5. The number of nitrogens with zero attached hydrogens (tertiary/aromatic N) is 1. The molecule has 2 aliphatic rings. The molecule has 1 heterocycles. The van der Waals surface area contributed by atoms with Crippen LogP contribution in [0.5, 0.6) is 0 Å². The van der Waals surface area contributed by atoms with E-state index in [0.717, 1.165) is 58.5 Å². The number of aromatic nitrogens is 1. The molecule has 1 radical (unpaired) electrons. The Kier molecular flexibility index (Phi) is 4.54. The summed E-state index contributed by atoms with van der Waals surface area (Å²) < 4.78 is 14.0. The number of rotatable bonds is 1. The molecule has 0 amide bonds. The SMILES string of the molecule is Fc1ccc2ccc3c(-c4[c-]c5c6c(c4)CCc4cccc(c4-6)CC5)nccc3c2c1.[Ir]. The van der Waals surface area contributed by atoms with Gasteiger partial charge in [-0.3, -0.25) is 0 Å². The molecule has 0 fully saturated rings. The largest absolute Gasteiger partial charge is 0.304 e. The van der Waals surface area contributed by atoms with Crippen molar-refractivity contribution < 1.29 is 24.5 Å². The summed E-state index contributed by atoms with van der Waals surface area (Å²) in [4.78, 5) is 4.77. The summed E-state index contributed by atoms with van der Waals surface area (Å²) in [5.74, 6) is -0.211. The molecule has 0 unspecified atom stereocenters. The summed E-state index contributed by atoms with van der Waals surface area (Å²) in [5, 5.41) is 4.06. The van der Waals surface area contributed by atoms with Gasteiger partial charge in [0.25, 0.3) is 0 Å². The molecule has 157 valence electrons. The second kappa shape index (κ2) is 7.33. The summed E-state index contributed by atoms with van der Waals surface area (Å²) in [6.45, 7) is 0. The third-order valence-electron chi connectivity index (χ3n) is 7.00. The molecule has 3 heteroatoms. The van der Waals surface area contributed by atoms with E-state index in [1.54, 1.807) is 6.07 Å². The van der Waals surface area contributed by atoms with Crippen molar-refractivity contribution in [1.29, 1.82) is 0 Å². The monoisotopic (exact) mass is 593 g/mol. The molecule has 7 rings (SSSR count). The quantitative estimate of drug-likeness (QED) is 0.153. The molecule has 0 saturated carbocycles. The molecule has 32 heavy (non-hydrogen) atoms. The van der Waals surface area contributed by atoms with Crippen molar-refractivity contribution in [2.24, 2.45) is 0 Å². The first-order chi connectivity index (χ1) is 15.3. The summed E-state index contributed by atoms with van der Waals surface area (Å²) >= 11 is 0. The van der Waals surface area contributed by atoms with Crippen LogP contribution >= 0.6 is 0 Å². The normalized spacial score (nSPS) is 13.7. The van der Waals surface area contributed by atoms with E-state index < -0.39 is 0 Å². The van der Waals surface area contributed by atoms with Crippen LogP contribution in [0.15, 0.2) is 66.9 Å². The van der Waals surface area contributed by atoms with E-state index in [1.807, 2.05) is 18.3 Å². The fourth-order valence-corrected chi connectivity index (χ4v) is 5.62. The summed E-state index contributed by atoms with van der Waals surface area (Å²) in [6, 6.07) is 23.9. The first-order valence-electron chi connectivity index (χ1n) is 10.9. The molecule has 0 spiro atoms. The molecule has 4 aromatic carbocycles. The van der Waals surface area contributed by atoms with Crippen molar-refractivity contribution in [2.75, 3.05) is 0 Å². The summed E-state index contributed by atoms with van der Waals surface area (Å²) in [7, 11) is 0. The van der Waals surface area contributed by atoms with Crippen LogP contribution in [-0.2, 0) is 45.8 Å². The maximum atomic E-state index is 14.0. The van der Waals surface area contributed by atoms with Crippen LogP contribution in [0.25, 0.3) is 43.9 Å². The van der Waals surface area contributed by atoms with E-state index in [0.29, 0.717) is 0 Å². The van der Waals surface area contributed by atoms with E-state index in [-0.39, 0.29) is 25.9 Å². The minimum Gasteiger partial charge on any atom is -0.304 e. The first-order valence-corrected chi connectivity index (χ1v) is 10.9. The molecule has 0 bridgehead atoms. The third kappa shape index (κ3) is 2.81. The minimum absolute atomic E-state index is 0. The zero-order valence-corrected chi connectivity index (χ0v) is 19.7. The fraction of sp³-hybridized carbons (Fsp3) is 0.138. The van der Waals surface area contributed by atoms with Gasteiger partial charge in [0.15, 0.2) is 0 Å². The molecule has 1 nitrogen and oxygen atoms in total. The van der Waals surface area contributed by atoms with E-state index in [2.05, 4.69) is 42.5 Å². The van der Waals surface area contributed by atoms with Crippen molar-refractivity contribution in [3.63, 3.8) is 0 Å². The Morgan fingerprint density at radius 2 is 1.50 bits per heavy atom. The van der Waals surface area contributed by atoms with Gasteiger partial charge >= 0.3 is 0 Å². The maximum Gasteiger partial charge on any atom is 0.123 e. The fourth-order valence-electron chi connectivity index (χ4n) is 5.62. The predicted octanol–water partition coefficient (Wildman–Crippen LogP) is 6.86. The molecule has 0 atom stereocenters. The van der Waals surface area contributed by atoms with Crippen LogP contribution < -0.4 is 0 Å². The average molecular weight is 593 g/mol. The van der Waals surface area contributed by atoms with E-state index in [4.69, 9.17) is 4.98 Å². The van der Waals surface area contributed by atoms with Gasteiger partial charge in [0.05, 0.1) is 0 Å². The van der Waals surface area contributed by atoms with Gasteiger partial charge in [-0.1, -0.05) is 47.5 Å². The average Bonchev–Trinajstić information content (AvgIpc) is 2.82. The van der Waals surface area contributed by atoms with Crippen LogP contribution in [-0.4, -0.2) is 4.98 Å². The Hall–Kier alpha value is -2.87. The Labute approximate surface area is 199 Å². The van der Waals surface area contributed by atoms with Crippen LogP contribution in [0.3, 0.4) is 0 Å². The number of fused-ring (bicyclic) bond motifs is 3. The summed E-state index contributed by atoms with van der Waals surface area (Å²) in [6.07, 6.45) is 6.08. The molecular formula is C29H19FIrN-. The molecule has 0 N–H and O–H groups in total. The van der Waals surface area contributed by atoms with Crippen molar-refractivity contribution in [2.45, 2.75) is 25.7 Å². The molecule has 1 aromatic heterocycles. The topological polar surface area (TPSA) is 12.9 Å². The predicted molar refractivity (Wildman–Crippen MR) is 124 cm³/mol. The van der Waals surface area contributed by atoms with Gasteiger partial charge in [-0.2, -0.15) is 0 Å². The van der Waals surface area contributed by atoms with Gasteiger partial charge in [-0.25, -0.2) is 4.39 Å². The Bertz CT molecular complexity index is 1510. The number of aryl methyl sites for hydroxylation is 4. The van der Waals surface area contributed by atoms with Gasteiger partial charge in [-0.15, -0.1) is 28.8 Å². The standard InChI is InChI=1S/C29H19FN.Ir/c30-23-10-8-17-9-11-25-24(26(17)16-23)12-13-31-29(25)22-14-20-6-4-18-2-1-3-19-5-7-21(15-22)28(20)27(18)19;/h1-3,8-14,16H,4-7H2;/q-1;. The van der Waals surface area contributed by atoms with E-state index in [1.165, 1.54) is 39.4 Å². The molecule has 0 saturated heterocycles. The van der Waals surface area contributed by atoms with Crippen LogP contribution in [0.1, 0.15) is 22.3 Å². The van der Waals surface area contributed by atoms with Gasteiger partial charge in [0, 0.05) is 26.3 Å². The Morgan fingerprint density at radius 1 is 0.719 bits per heavy atom. The molecule has 0 aliphatic heterocycles. The molecular weight excluding hydrogens is 574 g/mol. The molecule has 2 aliphatic carbocycles. The minimum atomic E-state index is -0.211. The van der Waals surface area contributed by atoms with Crippen LogP contribution in [0.2, 0.25) is 0 Å². The second-order valence-corrected chi connectivity index (χ2v) is 8.70. The van der Waals surface area contributed by atoms with Crippen molar-refractivity contribution in [3.8, 4) is 22.4 Å². The zero-order chi connectivity index (χ0) is 20.5. The van der Waals surface area contributed by atoms with Crippen molar-refractivity contribution >= 4 is 21.5 Å². The zero-order valence-electron chi connectivity index (χ0n) is 17.3. The number of benzene rings is 4. The number of halogens is 1. The Balaban J connectivity index is 0.00000196. The smallest absolute Gasteiger partial charge is 0.123 e. The second-order valence-electron chi connectivity index (χ2n) is 8.70. The molecule has 5 aromatic rings. The van der Waals surface area contributed by atoms with Crippen LogP contribution in [0, 0.1) is 11.9 Å². The third-order valence-corrected chi connectivity index (χ3v) is 7.00. The van der Waals surface area contributed by atoms with Gasteiger partial charge in [0.2, 0.25) is 0 Å². The number of hydrogen-bond donors (Lipinski definition) is 0. The van der Waals surface area contributed by atoms with Crippen molar-refractivity contribution in [1.82, 2.24) is 4.98 Å². The van der Waals surface area contributed by atoms with E-state index >= 15 is 0 Å². The van der Waals surface area contributed by atoms with Gasteiger partial charge < -0.3 is 4.98 Å². The first kappa shape index (κ1) is 19.8. The number of pyridine rings is 1. The Morgan fingerprint density at radius 3 is 2.38 bits per heavy atom. The van der Waals surface area contributed by atoms with Gasteiger partial charge in [-0.05, 0) is 82.2 Å². The van der Waals surface area contributed by atoms with Crippen LogP contribution in [0.4, 0.5) is 4.39 Å². The van der Waals surface area contributed by atoms with Crippen molar-refractivity contribution in [3.05, 3.63) is 101 Å². The number of hydrogen-bond acceptors (Lipinski definition) is 1.